The molecule has 0 saturated heterocycles. The number of pyridine rings is 1. The van der Waals surface area contributed by atoms with Crippen molar-refractivity contribution < 1.29 is 5.11 Å². The van der Waals surface area contributed by atoms with Crippen LogP contribution in [0.15, 0.2) is 30.3 Å². The van der Waals surface area contributed by atoms with Crippen molar-refractivity contribution >= 4 is 10.9 Å². The van der Waals surface area contributed by atoms with Crippen molar-refractivity contribution in [1.82, 2.24) is 10.3 Å². The number of fused-ring (bicyclic) bond motifs is 1. The van der Waals surface area contributed by atoms with E-state index in [0.717, 1.165) is 40.9 Å². The minimum absolute atomic E-state index is 0.277. The van der Waals surface area contributed by atoms with Gasteiger partial charge >= 0.3 is 0 Å². The average Bonchev–Trinajstić information content (AvgIpc) is 2.52. The summed E-state index contributed by atoms with van der Waals surface area (Å²) in [6.45, 7) is 0.816. The number of hydrogen-bond acceptors (Lipinski definition) is 3. The van der Waals surface area contributed by atoms with Crippen molar-refractivity contribution in [2.24, 2.45) is 17.8 Å². The van der Waals surface area contributed by atoms with Crippen molar-refractivity contribution in [2.75, 3.05) is 0 Å². The molecule has 6 rings (SSSR count). The minimum atomic E-state index is 0.277. The van der Waals surface area contributed by atoms with Crippen LogP contribution < -0.4 is 5.32 Å². The van der Waals surface area contributed by atoms with E-state index in [2.05, 4.69) is 22.4 Å². The van der Waals surface area contributed by atoms with Crippen LogP contribution in [0.1, 0.15) is 44.2 Å². The van der Waals surface area contributed by atoms with E-state index in [0.29, 0.717) is 5.54 Å². The van der Waals surface area contributed by atoms with Gasteiger partial charge in [-0.1, -0.05) is 18.2 Å². The lowest BCUT2D eigenvalue weighted by atomic mass is 9.53. The van der Waals surface area contributed by atoms with Crippen molar-refractivity contribution in [1.29, 1.82) is 0 Å². The molecule has 120 valence electrons. The normalized spacial score (nSPS) is 35.0. The topological polar surface area (TPSA) is 45.1 Å². The Kier molecular flexibility index (Phi) is 2.96. The lowest BCUT2D eigenvalue weighted by Crippen LogP contribution is -2.58. The molecule has 23 heavy (non-hydrogen) atoms. The highest BCUT2D eigenvalue weighted by Gasteiger charge is 2.50. The van der Waals surface area contributed by atoms with Crippen LogP contribution >= 0.6 is 0 Å². The molecule has 0 aliphatic heterocycles. The monoisotopic (exact) mass is 308 g/mol. The standard InChI is InChI=1S/C20H24N2O/c23-18-3-1-2-16-4-5-17(22-19(16)18)12-21-20-9-13-6-14(10-20)8-15(7-13)11-20/h1-5,13-15,21,23H,6-12H2. The van der Waals surface area contributed by atoms with Crippen molar-refractivity contribution in [3.05, 3.63) is 36.0 Å². The van der Waals surface area contributed by atoms with Crippen LogP contribution in [0.5, 0.6) is 5.75 Å². The number of phenols is 1. The summed E-state index contributed by atoms with van der Waals surface area (Å²) in [5.41, 5.74) is 2.12. The SMILES string of the molecule is Oc1cccc2ccc(CNC34CC5CC(CC(C5)C3)C4)nc12. The van der Waals surface area contributed by atoms with Crippen molar-refractivity contribution in [2.45, 2.75) is 50.6 Å². The molecule has 4 saturated carbocycles. The smallest absolute Gasteiger partial charge is 0.141 e. The summed E-state index contributed by atoms with van der Waals surface area (Å²) >= 11 is 0. The van der Waals surface area contributed by atoms with Crippen LogP contribution in [0.4, 0.5) is 0 Å². The molecule has 4 bridgehead atoms. The number of benzene rings is 1. The molecule has 1 aromatic carbocycles. The van der Waals surface area contributed by atoms with Crippen LogP contribution in [0.25, 0.3) is 10.9 Å². The first-order valence-electron chi connectivity index (χ1n) is 9.02. The largest absolute Gasteiger partial charge is 0.506 e. The molecule has 0 unspecified atom stereocenters. The number of aromatic hydroxyl groups is 1. The quantitative estimate of drug-likeness (QED) is 0.901. The highest BCUT2D eigenvalue weighted by molar-refractivity contribution is 5.84. The number of nitrogens with one attached hydrogen (secondary N) is 1. The molecule has 0 amide bonds. The van der Waals surface area contributed by atoms with Crippen molar-refractivity contribution in [3.8, 4) is 5.75 Å². The lowest BCUT2D eigenvalue weighted by Gasteiger charge is -2.57. The third-order valence-corrected chi connectivity index (χ3v) is 6.44. The molecule has 1 heterocycles. The fourth-order valence-electron chi connectivity index (χ4n) is 5.88. The second-order valence-electron chi connectivity index (χ2n) is 8.20. The molecular formula is C20H24N2O. The predicted octanol–water partition coefficient (Wildman–Crippen LogP) is 4.00. The van der Waals surface area contributed by atoms with E-state index < -0.39 is 0 Å². The van der Waals surface area contributed by atoms with E-state index in [1.165, 1.54) is 38.5 Å². The minimum Gasteiger partial charge on any atom is -0.506 e. The van der Waals surface area contributed by atoms with E-state index in [9.17, 15) is 5.11 Å². The fourth-order valence-corrected chi connectivity index (χ4v) is 5.88. The Morgan fingerprint density at radius 3 is 2.39 bits per heavy atom. The van der Waals surface area contributed by atoms with Gasteiger partial charge in [-0.3, -0.25) is 0 Å². The summed E-state index contributed by atoms with van der Waals surface area (Å²) in [6.07, 6.45) is 8.50. The van der Waals surface area contributed by atoms with Gasteiger partial charge in [0.2, 0.25) is 0 Å². The van der Waals surface area contributed by atoms with Crippen LogP contribution in [0.2, 0.25) is 0 Å². The Morgan fingerprint density at radius 1 is 1.00 bits per heavy atom. The Labute approximate surface area is 137 Å². The molecule has 4 aliphatic rings. The Morgan fingerprint density at radius 2 is 1.70 bits per heavy atom. The van der Waals surface area contributed by atoms with Gasteiger partial charge in [-0.05, 0) is 68.4 Å². The molecule has 2 aromatic rings. The van der Waals surface area contributed by atoms with Gasteiger partial charge in [-0.2, -0.15) is 0 Å². The van der Waals surface area contributed by atoms with E-state index in [-0.39, 0.29) is 5.75 Å². The molecule has 0 spiro atoms. The predicted molar refractivity (Wildman–Crippen MR) is 91.2 cm³/mol. The molecule has 3 nitrogen and oxygen atoms in total. The van der Waals surface area contributed by atoms with E-state index >= 15 is 0 Å². The molecule has 4 aliphatic carbocycles. The second kappa shape index (κ2) is 4.94. The van der Waals surface area contributed by atoms with E-state index in [1.807, 2.05) is 12.1 Å². The number of rotatable bonds is 3. The number of nitrogens with zero attached hydrogens (tertiary/aromatic N) is 1. The van der Waals surface area contributed by atoms with Crippen molar-refractivity contribution in [3.63, 3.8) is 0 Å². The van der Waals surface area contributed by atoms with Gasteiger partial charge in [0.15, 0.2) is 0 Å². The summed E-state index contributed by atoms with van der Waals surface area (Å²) in [7, 11) is 0. The molecule has 0 radical (unpaired) electrons. The van der Waals surface area contributed by atoms with Crippen LogP contribution in [-0.4, -0.2) is 15.6 Å². The first-order valence-corrected chi connectivity index (χ1v) is 9.02. The van der Waals surface area contributed by atoms with Crippen LogP contribution in [0.3, 0.4) is 0 Å². The summed E-state index contributed by atoms with van der Waals surface area (Å²) < 4.78 is 0. The van der Waals surface area contributed by atoms with Gasteiger partial charge in [0.25, 0.3) is 0 Å². The zero-order chi connectivity index (χ0) is 15.4. The maximum absolute atomic E-state index is 10.0. The van der Waals surface area contributed by atoms with Crippen LogP contribution in [0, 0.1) is 17.8 Å². The number of para-hydroxylation sites is 1. The lowest BCUT2D eigenvalue weighted by molar-refractivity contribution is -0.0207. The number of aromatic nitrogens is 1. The van der Waals surface area contributed by atoms with Gasteiger partial charge in [0, 0.05) is 17.5 Å². The Hall–Kier alpha value is -1.61. The maximum Gasteiger partial charge on any atom is 0.141 e. The molecular weight excluding hydrogens is 284 g/mol. The maximum atomic E-state index is 10.0. The highest BCUT2D eigenvalue weighted by atomic mass is 16.3. The highest BCUT2D eigenvalue weighted by Crippen LogP contribution is 2.55. The van der Waals surface area contributed by atoms with Gasteiger partial charge in [0.1, 0.15) is 11.3 Å². The third-order valence-electron chi connectivity index (χ3n) is 6.44. The van der Waals surface area contributed by atoms with Gasteiger partial charge in [-0.15, -0.1) is 0 Å². The average molecular weight is 308 g/mol. The summed E-state index contributed by atoms with van der Waals surface area (Å²) in [4.78, 5) is 4.68. The van der Waals surface area contributed by atoms with Gasteiger partial charge < -0.3 is 10.4 Å². The van der Waals surface area contributed by atoms with Gasteiger partial charge in [-0.25, -0.2) is 4.98 Å². The summed E-state index contributed by atoms with van der Waals surface area (Å²) in [5.74, 6) is 3.16. The van der Waals surface area contributed by atoms with E-state index in [4.69, 9.17) is 0 Å². The first kappa shape index (κ1) is 13.8. The molecule has 1 aromatic heterocycles. The second-order valence-corrected chi connectivity index (χ2v) is 8.20. The number of phenolic OH excluding ortho intramolecular Hbond substituents is 1. The molecule has 2 N–H and O–H groups in total. The molecule has 0 atom stereocenters. The summed E-state index contributed by atoms with van der Waals surface area (Å²) in [6, 6.07) is 9.74. The fraction of sp³-hybridized carbons (Fsp3) is 0.550. The summed E-state index contributed by atoms with van der Waals surface area (Å²) in [5, 5.41) is 14.9. The van der Waals surface area contributed by atoms with E-state index in [1.54, 1.807) is 6.07 Å². The third kappa shape index (κ3) is 2.33. The zero-order valence-corrected chi connectivity index (χ0v) is 13.5. The Balaban J connectivity index is 1.37. The molecule has 4 fully saturated rings. The first-order chi connectivity index (χ1) is 11.2. The zero-order valence-electron chi connectivity index (χ0n) is 13.5. The Bertz CT molecular complexity index is 719. The van der Waals surface area contributed by atoms with Gasteiger partial charge in [0.05, 0.1) is 5.69 Å². The molecule has 3 heteroatoms. The number of hydrogen-bond donors (Lipinski definition) is 2. The van der Waals surface area contributed by atoms with Crippen LogP contribution in [-0.2, 0) is 6.54 Å².